The lowest BCUT2D eigenvalue weighted by molar-refractivity contribution is 0.0919. The van der Waals surface area contributed by atoms with Crippen LogP contribution in [0.1, 0.15) is 42.3 Å². The zero-order valence-electron chi connectivity index (χ0n) is 12.9. The van der Waals surface area contributed by atoms with Crippen molar-refractivity contribution in [3.05, 3.63) is 33.9 Å². The summed E-state index contributed by atoms with van der Waals surface area (Å²) in [6.45, 7) is 2.10. The van der Waals surface area contributed by atoms with Gasteiger partial charge in [-0.25, -0.2) is 4.39 Å². The fraction of sp³-hybridized carbons (Fsp3) is 0.500. The number of benzene rings is 1. The topological polar surface area (TPSA) is 29.1 Å². The first-order valence-electron chi connectivity index (χ1n) is 8.21. The monoisotopic (exact) mass is 351 g/mol. The van der Waals surface area contributed by atoms with Crippen LogP contribution in [0.5, 0.6) is 0 Å². The molecule has 5 heteroatoms. The maximum atomic E-state index is 13.3. The van der Waals surface area contributed by atoms with Crippen molar-refractivity contribution in [1.82, 2.24) is 5.32 Å². The fourth-order valence-electron chi connectivity index (χ4n) is 4.47. The molecule has 4 atom stereocenters. The van der Waals surface area contributed by atoms with E-state index in [9.17, 15) is 9.18 Å². The minimum absolute atomic E-state index is 0.133. The predicted octanol–water partition coefficient (Wildman–Crippen LogP) is 5.25. The minimum Gasteiger partial charge on any atom is -0.349 e. The zero-order valence-corrected chi connectivity index (χ0v) is 14.5. The van der Waals surface area contributed by atoms with Gasteiger partial charge in [-0.05, 0) is 62.1 Å². The molecule has 1 aromatic carbocycles. The molecule has 122 valence electrons. The first-order chi connectivity index (χ1) is 11.0. The van der Waals surface area contributed by atoms with Gasteiger partial charge in [-0.1, -0.05) is 18.0 Å². The molecule has 2 bridgehead atoms. The van der Waals surface area contributed by atoms with Crippen LogP contribution in [0.15, 0.2) is 18.2 Å². The van der Waals surface area contributed by atoms with Crippen molar-refractivity contribution in [2.24, 2.45) is 17.8 Å². The van der Waals surface area contributed by atoms with Crippen LogP contribution in [-0.2, 0) is 0 Å². The van der Waals surface area contributed by atoms with E-state index in [1.54, 1.807) is 6.07 Å². The second-order valence-corrected chi connectivity index (χ2v) is 8.42. The molecular weight excluding hydrogens is 333 g/mol. The molecule has 0 aliphatic heterocycles. The standard InChI is InChI=1S/C18H19ClFNOS/c1-9(14-7-10-2-3-11(14)6-10)21-18(22)17-16(19)13-5-4-12(20)8-15(13)23-17/h4-5,8-11,14H,2-3,6-7H2,1H3,(H,21,22)/t9-,10+,11+,14-/m1/s1. The van der Waals surface area contributed by atoms with Crippen LogP contribution < -0.4 is 5.32 Å². The lowest BCUT2D eigenvalue weighted by atomic mass is 9.84. The van der Waals surface area contributed by atoms with E-state index < -0.39 is 0 Å². The van der Waals surface area contributed by atoms with E-state index in [0.29, 0.717) is 20.5 Å². The van der Waals surface area contributed by atoms with E-state index in [-0.39, 0.29) is 17.8 Å². The molecule has 1 N–H and O–H groups in total. The van der Waals surface area contributed by atoms with E-state index in [1.165, 1.54) is 49.2 Å². The van der Waals surface area contributed by atoms with Gasteiger partial charge in [0.25, 0.3) is 5.91 Å². The highest BCUT2D eigenvalue weighted by atomic mass is 35.5. The summed E-state index contributed by atoms with van der Waals surface area (Å²) in [4.78, 5) is 13.1. The van der Waals surface area contributed by atoms with Crippen LogP contribution in [0.25, 0.3) is 10.1 Å². The highest BCUT2D eigenvalue weighted by Gasteiger charge is 2.42. The summed E-state index contributed by atoms with van der Waals surface area (Å²) in [5, 5.41) is 4.31. The Morgan fingerprint density at radius 1 is 1.39 bits per heavy atom. The summed E-state index contributed by atoms with van der Waals surface area (Å²) in [5.74, 6) is 1.77. The Kier molecular flexibility index (Phi) is 3.85. The molecule has 2 aliphatic rings. The molecule has 2 nitrogen and oxygen atoms in total. The van der Waals surface area contributed by atoms with Gasteiger partial charge in [0.05, 0.1) is 5.02 Å². The summed E-state index contributed by atoms with van der Waals surface area (Å²) in [6, 6.07) is 4.61. The van der Waals surface area contributed by atoms with Crippen LogP contribution >= 0.6 is 22.9 Å². The third-order valence-electron chi connectivity index (χ3n) is 5.59. The van der Waals surface area contributed by atoms with Gasteiger partial charge in [-0.3, -0.25) is 4.79 Å². The normalized spacial score (nSPS) is 27.5. The van der Waals surface area contributed by atoms with Crippen molar-refractivity contribution >= 4 is 38.9 Å². The van der Waals surface area contributed by atoms with Gasteiger partial charge in [0.1, 0.15) is 10.7 Å². The molecule has 1 heterocycles. The largest absolute Gasteiger partial charge is 0.349 e. The van der Waals surface area contributed by atoms with Gasteiger partial charge in [-0.2, -0.15) is 0 Å². The number of halogens is 2. The summed E-state index contributed by atoms with van der Waals surface area (Å²) in [6.07, 6.45) is 5.22. The molecule has 2 aromatic rings. The van der Waals surface area contributed by atoms with Crippen LogP contribution in [-0.4, -0.2) is 11.9 Å². The van der Waals surface area contributed by atoms with Crippen LogP contribution in [0.4, 0.5) is 4.39 Å². The molecule has 0 radical (unpaired) electrons. The van der Waals surface area contributed by atoms with Gasteiger partial charge < -0.3 is 5.32 Å². The Balaban J connectivity index is 1.54. The number of fused-ring (bicyclic) bond motifs is 3. The number of thiophene rings is 1. The number of hydrogen-bond donors (Lipinski definition) is 1. The van der Waals surface area contributed by atoms with E-state index in [2.05, 4.69) is 12.2 Å². The Morgan fingerprint density at radius 2 is 2.22 bits per heavy atom. The Bertz CT molecular complexity index is 774. The van der Waals surface area contributed by atoms with Gasteiger partial charge in [0.2, 0.25) is 0 Å². The molecule has 0 unspecified atom stereocenters. The average molecular weight is 352 g/mol. The zero-order chi connectivity index (χ0) is 16.1. The number of carbonyl (C=O) groups excluding carboxylic acids is 1. The van der Waals surface area contributed by atoms with Crippen LogP contribution in [0, 0.1) is 23.6 Å². The molecule has 1 aromatic heterocycles. The molecule has 23 heavy (non-hydrogen) atoms. The van der Waals surface area contributed by atoms with Crippen LogP contribution in [0.2, 0.25) is 5.02 Å². The van der Waals surface area contributed by atoms with Gasteiger partial charge in [0, 0.05) is 16.1 Å². The van der Waals surface area contributed by atoms with E-state index in [4.69, 9.17) is 11.6 Å². The van der Waals surface area contributed by atoms with Gasteiger partial charge >= 0.3 is 0 Å². The van der Waals surface area contributed by atoms with Crippen molar-refractivity contribution in [2.45, 2.75) is 38.6 Å². The SMILES string of the molecule is C[C@@H](NC(=O)c1sc2cc(F)ccc2c1Cl)[C@H]1C[C@H]2CC[C@H]1C2. The molecule has 4 rings (SSSR count). The van der Waals surface area contributed by atoms with Crippen molar-refractivity contribution in [1.29, 1.82) is 0 Å². The summed E-state index contributed by atoms with van der Waals surface area (Å²) < 4.78 is 14.1. The number of hydrogen-bond acceptors (Lipinski definition) is 2. The number of rotatable bonds is 3. The Labute approximate surface area is 144 Å². The van der Waals surface area contributed by atoms with Crippen molar-refractivity contribution in [3.63, 3.8) is 0 Å². The minimum atomic E-state index is -0.308. The summed E-state index contributed by atoms with van der Waals surface area (Å²) in [7, 11) is 0. The number of carbonyl (C=O) groups is 1. The number of nitrogens with one attached hydrogen (secondary N) is 1. The maximum absolute atomic E-state index is 13.3. The molecular formula is C18H19ClFNOS. The highest BCUT2D eigenvalue weighted by molar-refractivity contribution is 7.21. The second-order valence-electron chi connectivity index (χ2n) is 6.99. The second kappa shape index (κ2) is 5.75. The first kappa shape index (κ1) is 15.4. The molecule has 2 aliphatic carbocycles. The highest BCUT2D eigenvalue weighted by Crippen LogP contribution is 2.49. The summed E-state index contributed by atoms with van der Waals surface area (Å²) >= 11 is 7.60. The molecule has 2 saturated carbocycles. The van der Waals surface area contributed by atoms with Crippen molar-refractivity contribution < 1.29 is 9.18 Å². The maximum Gasteiger partial charge on any atom is 0.263 e. The van der Waals surface area contributed by atoms with E-state index in [1.807, 2.05) is 0 Å². The average Bonchev–Trinajstić information content (AvgIpc) is 3.21. The Morgan fingerprint density at radius 3 is 2.91 bits per heavy atom. The molecule has 0 saturated heterocycles. The van der Waals surface area contributed by atoms with E-state index in [0.717, 1.165) is 17.2 Å². The summed E-state index contributed by atoms with van der Waals surface area (Å²) in [5.41, 5.74) is 0. The van der Waals surface area contributed by atoms with Crippen molar-refractivity contribution in [3.8, 4) is 0 Å². The first-order valence-corrected chi connectivity index (χ1v) is 9.41. The van der Waals surface area contributed by atoms with Gasteiger partial charge in [0.15, 0.2) is 0 Å². The molecule has 2 fully saturated rings. The third-order valence-corrected chi connectivity index (χ3v) is 7.25. The quantitative estimate of drug-likeness (QED) is 0.804. The smallest absolute Gasteiger partial charge is 0.263 e. The lowest BCUT2D eigenvalue weighted by Gasteiger charge is -2.28. The predicted molar refractivity (Wildman–Crippen MR) is 92.7 cm³/mol. The van der Waals surface area contributed by atoms with E-state index >= 15 is 0 Å². The molecule has 0 spiro atoms. The Hall–Kier alpha value is -1.13. The van der Waals surface area contributed by atoms with Crippen molar-refractivity contribution in [2.75, 3.05) is 0 Å². The van der Waals surface area contributed by atoms with Gasteiger partial charge in [-0.15, -0.1) is 11.3 Å². The number of amides is 1. The molecule has 1 amide bonds. The third kappa shape index (κ3) is 2.66. The van der Waals surface area contributed by atoms with Crippen LogP contribution in [0.3, 0.4) is 0 Å². The lowest BCUT2D eigenvalue weighted by Crippen LogP contribution is -2.39. The fourth-order valence-corrected chi connectivity index (χ4v) is 5.92.